The normalized spacial score (nSPS) is 21.8. The summed E-state index contributed by atoms with van der Waals surface area (Å²) in [5, 5.41) is 6.29. The van der Waals surface area contributed by atoms with Crippen LogP contribution in [0.25, 0.3) is 0 Å². The van der Waals surface area contributed by atoms with Gasteiger partial charge in [0.25, 0.3) is 0 Å². The van der Waals surface area contributed by atoms with Crippen molar-refractivity contribution in [3.63, 3.8) is 0 Å². The van der Waals surface area contributed by atoms with Gasteiger partial charge in [0, 0.05) is 13.1 Å². The number of aryl methyl sites for hydroxylation is 1. The molecular weight excluding hydrogens is 236 g/mol. The van der Waals surface area contributed by atoms with Gasteiger partial charge in [0.15, 0.2) is 0 Å². The van der Waals surface area contributed by atoms with E-state index in [1.807, 2.05) is 6.07 Å². The Bertz CT molecular complexity index is 444. The maximum Gasteiger partial charge on any atom is 0.230 e. The van der Waals surface area contributed by atoms with E-state index < -0.39 is 0 Å². The minimum Gasteiger partial charge on any atom is -0.354 e. The van der Waals surface area contributed by atoms with Crippen LogP contribution in [0.4, 0.5) is 0 Å². The predicted molar refractivity (Wildman–Crippen MR) is 78.3 cm³/mol. The van der Waals surface area contributed by atoms with Gasteiger partial charge in [-0.1, -0.05) is 31.2 Å². The summed E-state index contributed by atoms with van der Waals surface area (Å²) in [6.07, 6.45) is 3.13. The van der Waals surface area contributed by atoms with Gasteiger partial charge in [0.2, 0.25) is 5.91 Å². The molecule has 0 bridgehead atoms. The first-order valence-corrected chi connectivity index (χ1v) is 7.26. The van der Waals surface area contributed by atoms with Crippen molar-refractivity contribution in [3.05, 3.63) is 35.4 Å². The lowest BCUT2D eigenvalue weighted by atomic mass is 9.70. The lowest BCUT2D eigenvalue weighted by molar-refractivity contribution is -0.126. The highest BCUT2D eigenvalue weighted by Crippen LogP contribution is 2.37. The number of carbonyl (C=O) groups is 1. The SMILES string of the molecule is CCNCCNC(=O)C1(C)CCCc2ccccc21. The molecule has 2 rings (SSSR count). The maximum absolute atomic E-state index is 12.5. The van der Waals surface area contributed by atoms with Crippen molar-refractivity contribution >= 4 is 5.91 Å². The van der Waals surface area contributed by atoms with Crippen LogP contribution in [0, 0.1) is 0 Å². The van der Waals surface area contributed by atoms with Gasteiger partial charge in [-0.3, -0.25) is 4.79 Å². The number of fused-ring (bicyclic) bond motifs is 1. The Labute approximate surface area is 115 Å². The largest absolute Gasteiger partial charge is 0.354 e. The van der Waals surface area contributed by atoms with Gasteiger partial charge in [-0.2, -0.15) is 0 Å². The summed E-state index contributed by atoms with van der Waals surface area (Å²) in [5.41, 5.74) is 2.18. The summed E-state index contributed by atoms with van der Waals surface area (Å²) in [6.45, 7) is 6.62. The zero-order valence-electron chi connectivity index (χ0n) is 12.0. The molecule has 104 valence electrons. The number of hydrogen-bond donors (Lipinski definition) is 2. The molecule has 1 aromatic carbocycles. The molecule has 0 aromatic heterocycles. The topological polar surface area (TPSA) is 41.1 Å². The number of hydrogen-bond acceptors (Lipinski definition) is 2. The third-order valence-electron chi connectivity index (χ3n) is 4.07. The summed E-state index contributed by atoms with van der Waals surface area (Å²) >= 11 is 0. The summed E-state index contributed by atoms with van der Waals surface area (Å²) in [5.74, 6) is 0.164. The molecule has 0 saturated heterocycles. The zero-order valence-corrected chi connectivity index (χ0v) is 12.0. The fraction of sp³-hybridized carbons (Fsp3) is 0.562. The van der Waals surface area contributed by atoms with Gasteiger partial charge in [0.05, 0.1) is 5.41 Å². The van der Waals surface area contributed by atoms with E-state index in [9.17, 15) is 4.79 Å². The molecule has 0 fully saturated rings. The van der Waals surface area contributed by atoms with Crippen molar-refractivity contribution in [2.45, 2.75) is 38.5 Å². The highest BCUT2D eigenvalue weighted by Gasteiger charge is 2.38. The third-order valence-corrected chi connectivity index (χ3v) is 4.07. The predicted octanol–water partition coefficient (Wildman–Crippen LogP) is 2.01. The highest BCUT2D eigenvalue weighted by atomic mass is 16.2. The van der Waals surface area contributed by atoms with Crippen LogP contribution >= 0.6 is 0 Å². The third kappa shape index (κ3) is 2.98. The van der Waals surface area contributed by atoms with Crippen molar-refractivity contribution in [1.29, 1.82) is 0 Å². The minimum absolute atomic E-state index is 0.164. The van der Waals surface area contributed by atoms with E-state index in [0.29, 0.717) is 6.54 Å². The quantitative estimate of drug-likeness (QED) is 0.795. The van der Waals surface area contributed by atoms with Gasteiger partial charge in [-0.05, 0) is 43.9 Å². The smallest absolute Gasteiger partial charge is 0.230 e. The zero-order chi connectivity index (χ0) is 13.7. The summed E-state index contributed by atoms with van der Waals surface area (Å²) in [4.78, 5) is 12.5. The van der Waals surface area contributed by atoms with Crippen molar-refractivity contribution in [2.24, 2.45) is 0 Å². The molecule has 0 aliphatic heterocycles. The van der Waals surface area contributed by atoms with Gasteiger partial charge >= 0.3 is 0 Å². The molecular formula is C16H24N2O. The van der Waals surface area contributed by atoms with Crippen LogP contribution in [0.2, 0.25) is 0 Å². The number of carbonyl (C=O) groups excluding carboxylic acids is 1. The van der Waals surface area contributed by atoms with Gasteiger partial charge in [-0.25, -0.2) is 0 Å². The van der Waals surface area contributed by atoms with Crippen molar-refractivity contribution in [1.82, 2.24) is 10.6 Å². The fourth-order valence-electron chi connectivity index (χ4n) is 2.92. The summed E-state index contributed by atoms with van der Waals surface area (Å²) in [7, 11) is 0. The van der Waals surface area contributed by atoms with Crippen LogP contribution in [0.5, 0.6) is 0 Å². The van der Waals surface area contributed by atoms with Crippen molar-refractivity contribution in [3.8, 4) is 0 Å². The van der Waals surface area contributed by atoms with E-state index in [-0.39, 0.29) is 11.3 Å². The molecule has 19 heavy (non-hydrogen) atoms. The molecule has 1 aliphatic rings. The molecule has 0 spiro atoms. The monoisotopic (exact) mass is 260 g/mol. The number of benzene rings is 1. The summed E-state index contributed by atoms with van der Waals surface area (Å²) < 4.78 is 0. The molecule has 1 aromatic rings. The molecule has 0 saturated carbocycles. The lowest BCUT2D eigenvalue weighted by Gasteiger charge is -2.34. The van der Waals surface area contributed by atoms with Crippen LogP contribution in [0.1, 0.15) is 37.8 Å². The van der Waals surface area contributed by atoms with E-state index in [1.165, 1.54) is 11.1 Å². The molecule has 2 N–H and O–H groups in total. The average molecular weight is 260 g/mol. The fourth-order valence-corrected chi connectivity index (χ4v) is 2.92. The number of amides is 1. The molecule has 0 heterocycles. The summed E-state index contributed by atoms with van der Waals surface area (Å²) in [6, 6.07) is 8.36. The first kappa shape index (κ1) is 14.1. The van der Waals surface area contributed by atoms with Gasteiger partial charge in [0.1, 0.15) is 0 Å². The van der Waals surface area contributed by atoms with Crippen molar-refractivity contribution < 1.29 is 4.79 Å². The average Bonchev–Trinajstić information content (AvgIpc) is 2.44. The Hall–Kier alpha value is -1.35. The number of nitrogens with one attached hydrogen (secondary N) is 2. The molecule has 3 heteroatoms. The molecule has 0 radical (unpaired) electrons. The van der Waals surface area contributed by atoms with E-state index >= 15 is 0 Å². The Morgan fingerprint density at radius 1 is 1.32 bits per heavy atom. The van der Waals surface area contributed by atoms with Gasteiger partial charge in [-0.15, -0.1) is 0 Å². The molecule has 3 nitrogen and oxygen atoms in total. The van der Waals surface area contributed by atoms with Crippen LogP contribution < -0.4 is 10.6 Å². The second kappa shape index (κ2) is 6.20. The molecule has 1 atom stereocenters. The first-order chi connectivity index (χ1) is 9.18. The van der Waals surface area contributed by atoms with Gasteiger partial charge < -0.3 is 10.6 Å². The lowest BCUT2D eigenvalue weighted by Crippen LogP contribution is -2.46. The molecule has 1 unspecified atom stereocenters. The standard InChI is InChI=1S/C16H24N2O/c1-3-17-11-12-18-15(19)16(2)10-6-8-13-7-4-5-9-14(13)16/h4-5,7,9,17H,3,6,8,10-12H2,1-2H3,(H,18,19). The van der Waals surface area contributed by atoms with Crippen LogP contribution in [-0.4, -0.2) is 25.5 Å². The maximum atomic E-state index is 12.5. The van der Waals surface area contributed by atoms with Crippen molar-refractivity contribution in [2.75, 3.05) is 19.6 Å². The Balaban J connectivity index is 2.08. The second-order valence-electron chi connectivity index (χ2n) is 5.45. The Morgan fingerprint density at radius 2 is 2.11 bits per heavy atom. The van der Waals surface area contributed by atoms with Crippen LogP contribution in [0.3, 0.4) is 0 Å². The Kier molecular flexibility index (Phi) is 4.59. The van der Waals surface area contributed by atoms with E-state index in [0.717, 1.165) is 32.4 Å². The Morgan fingerprint density at radius 3 is 2.89 bits per heavy atom. The van der Waals surface area contributed by atoms with E-state index in [1.54, 1.807) is 0 Å². The van der Waals surface area contributed by atoms with Crippen LogP contribution in [0.15, 0.2) is 24.3 Å². The van der Waals surface area contributed by atoms with E-state index in [4.69, 9.17) is 0 Å². The first-order valence-electron chi connectivity index (χ1n) is 7.26. The number of rotatable bonds is 5. The minimum atomic E-state index is -0.360. The van der Waals surface area contributed by atoms with E-state index in [2.05, 4.69) is 42.7 Å². The van der Waals surface area contributed by atoms with Crippen LogP contribution in [-0.2, 0) is 16.6 Å². The second-order valence-corrected chi connectivity index (χ2v) is 5.45. The molecule has 1 aliphatic carbocycles. The number of likely N-dealkylation sites (N-methyl/N-ethyl adjacent to an activating group) is 1. The molecule has 1 amide bonds. The highest BCUT2D eigenvalue weighted by molar-refractivity contribution is 5.88.